The lowest BCUT2D eigenvalue weighted by Crippen LogP contribution is -2.30. The first-order valence-corrected chi connectivity index (χ1v) is 6.20. The molecule has 0 atom stereocenters. The highest BCUT2D eigenvalue weighted by molar-refractivity contribution is 4.73. The first kappa shape index (κ1) is 14.5. The fraction of sp³-hybridized carbons (Fsp3) is 0.923. The van der Waals surface area contributed by atoms with Crippen molar-refractivity contribution in [3.63, 3.8) is 0 Å². The summed E-state index contributed by atoms with van der Waals surface area (Å²) in [6.45, 7) is 8.93. The molecule has 0 aliphatic heterocycles. The maximum atomic E-state index is 8.39. The normalized spacial score (nSPS) is 11.3. The summed E-state index contributed by atoms with van der Waals surface area (Å²) in [5.41, 5.74) is 0.405. The Morgan fingerprint density at radius 2 is 1.93 bits per heavy atom. The largest absolute Gasteiger partial charge is 0.316 e. The van der Waals surface area contributed by atoms with E-state index >= 15 is 0 Å². The molecule has 0 aromatic rings. The van der Waals surface area contributed by atoms with Gasteiger partial charge >= 0.3 is 0 Å². The van der Waals surface area contributed by atoms with Gasteiger partial charge in [-0.25, -0.2) is 0 Å². The van der Waals surface area contributed by atoms with Crippen LogP contribution < -0.4 is 5.32 Å². The van der Waals surface area contributed by atoms with Crippen LogP contribution in [0, 0.1) is 16.7 Å². The Kier molecular flexibility index (Phi) is 8.41. The van der Waals surface area contributed by atoms with E-state index in [4.69, 9.17) is 5.26 Å². The topological polar surface area (TPSA) is 35.8 Å². The first-order chi connectivity index (χ1) is 7.12. The molecule has 15 heavy (non-hydrogen) atoms. The summed E-state index contributed by atoms with van der Waals surface area (Å²) in [4.78, 5) is 0. The monoisotopic (exact) mass is 210 g/mol. The highest BCUT2D eigenvalue weighted by Crippen LogP contribution is 2.22. The van der Waals surface area contributed by atoms with Crippen LogP contribution in [0.15, 0.2) is 0 Å². The fourth-order valence-electron chi connectivity index (χ4n) is 1.66. The minimum absolute atomic E-state index is 0.405. The van der Waals surface area contributed by atoms with Crippen LogP contribution in [0.5, 0.6) is 0 Å². The molecule has 2 nitrogen and oxygen atoms in total. The molecule has 0 aromatic carbocycles. The van der Waals surface area contributed by atoms with E-state index in [2.05, 4.69) is 32.2 Å². The maximum absolute atomic E-state index is 8.39. The number of hydrogen-bond donors (Lipinski definition) is 1. The summed E-state index contributed by atoms with van der Waals surface area (Å²) in [6, 6.07) is 2.17. The van der Waals surface area contributed by atoms with Crippen LogP contribution in [0.2, 0.25) is 0 Å². The average Bonchev–Trinajstić information content (AvgIpc) is 2.17. The summed E-state index contributed by atoms with van der Waals surface area (Å²) in [7, 11) is 0. The second-order valence-electron chi connectivity index (χ2n) is 5.06. The van der Waals surface area contributed by atoms with Crippen molar-refractivity contribution < 1.29 is 0 Å². The molecule has 0 bridgehead atoms. The van der Waals surface area contributed by atoms with Gasteiger partial charge in [-0.15, -0.1) is 0 Å². The molecule has 0 aliphatic rings. The lowest BCUT2D eigenvalue weighted by molar-refractivity contribution is 0.302. The molecule has 1 N–H and O–H groups in total. The van der Waals surface area contributed by atoms with Crippen molar-refractivity contribution in [2.75, 3.05) is 13.1 Å². The van der Waals surface area contributed by atoms with Crippen LogP contribution in [0.25, 0.3) is 0 Å². The minimum atomic E-state index is 0.405. The van der Waals surface area contributed by atoms with E-state index in [-0.39, 0.29) is 0 Å². The molecule has 0 spiro atoms. The number of nitrogens with zero attached hydrogens (tertiary/aromatic N) is 1. The quantitative estimate of drug-likeness (QED) is 0.591. The van der Waals surface area contributed by atoms with E-state index in [1.165, 1.54) is 25.7 Å². The molecule has 0 heterocycles. The third-order valence-corrected chi connectivity index (χ3v) is 2.70. The van der Waals surface area contributed by atoms with Gasteiger partial charge in [0.25, 0.3) is 0 Å². The summed E-state index contributed by atoms with van der Waals surface area (Å²) in [5.74, 6) is 0. The standard InChI is InChI=1S/C13H26N2/c1-4-5-6-9-13(2,3)12-15-11-8-7-10-14/h15H,4-9,11-12H2,1-3H3. The Bertz CT molecular complexity index is 179. The number of nitrogens with one attached hydrogen (secondary N) is 1. The Morgan fingerprint density at radius 1 is 1.20 bits per heavy atom. The molecule has 2 heteroatoms. The molecule has 0 aliphatic carbocycles. The SMILES string of the molecule is CCCCCC(C)(C)CNCCCC#N. The second-order valence-corrected chi connectivity index (χ2v) is 5.06. The van der Waals surface area contributed by atoms with Crippen molar-refractivity contribution in [2.45, 2.75) is 59.3 Å². The molecule has 0 amide bonds. The molecular weight excluding hydrogens is 184 g/mol. The summed E-state index contributed by atoms with van der Waals surface area (Å²) < 4.78 is 0. The number of hydrogen-bond acceptors (Lipinski definition) is 2. The van der Waals surface area contributed by atoms with Crippen molar-refractivity contribution in [3.05, 3.63) is 0 Å². The van der Waals surface area contributed by atoms with Crippen LogP contribution in [-0.4, -0.2) is 13.1 Å². The van der Waals surface area contributed by atoms with Crippen molar-refractivity contribution in [1.29, 1.82) is 5.26 Å². The molecule has 88 valence electrons. The van der Waals surface area contributed by atoms with E-state index in [9.17, 15) is 0 Å². The maximum Gasteiger partial charge on any atom is 0.0622 e. The van der Waals surface area contributed by atoms with Gasteiger partial charge < -0.3 is 5.32 Å². The van der Waals surface area contributed by atoms with Gasteiger partial charge in [-0.1, -0.05) is 40.0 Å². The van der Waals surface area contributed by atoms with E-state index in [0.29, 0.717) is 11.8 Å². The summed E-state index contributed by atoms with van der Waals surface area (Å²) >= 11 is 0. The molecule has 0 radical (unpaired) electrons. The Balaban J connectivity index is 3.43. The van der Waals surface area contributed by atoms with E-state index < -0.39 is 0 Å². The Morgan fingerprint density at radius 3 is 2.53 bits per heavy atom. The number of unbranched alkanes of at least 4 members (excludes halogenated alkanes) is 3. The van der Waals surface area contributed by atoms with Gasteiger partial charge in [0.1, 0.15) is 0 Å². The highest BCUT2D eigenvalue weighted by atomic mass is 14.9. The van der Waals surface area contributed by atoms with E-state index in [0.717, 1.165) is 19.5 Å². The van der Waals surface area contributed by atoms with Gasteiger partial charge in [0, 0.05) is 13.0 Å². The smallest absolute Gasteiger partial charge is 0.0622 e. The molecule has 0 saturated heterocycles. The number of rotatable bonds is 9. The highest BCUT2D eigenvalue weighted by Gasteiger charge is 2.15. The summed E-state index contributed by atoms with van der Waals surface area (Å²) in [5, 5.41) is 11.8. The van der Waals surface area contributed by atoms with Gasteiger partial charge in [-0.05, 0) is 24.8 Å². The molecule has 0 fully saturated rings. The zero-order valence-corrected chi connectivity index (χ0v) is 10.6. The van der Waals surface area contributed by atoms with Crippen molar-refractivity contribution >= 4 is 0 Å². The Hall–Kier alpha value is -0.550. The van der Waals surface area contributed by atoms with Crippen molar-refractivity contribution in [3.8, 4) is 6.07 Å². The van der Waals surface area contributed by atoms with Gasteiger partial charge in [0.2, 0.25) is 0 Å². The fourth-order valence-corrected chi connectivity index (χ4v) is 1.66. The van der Waals surface area contributed by atoms with Crippen LogP contribution in [-0.2, 0) is 0 Å². The van der Waals surface area contributed by atoms with Gasteiger partial charge in [-0.2, -0.15) is 5.26 Å². The molecule has 0 saturated carbocycles. The molecule has 0 rings (SSSR count). The van der Waals surface area contributed by atoms with Gasteiger partial charge in [-0.3, -0.25) is 0 Å². The lowest BCUT2D eigenvalue weighted by atomic mass is 9.87. The van der Waals surface area contributed by atoms with Crippen molar-refractivity contribution in [2.24, 2.45) is 5.41 Å². The molecule has 0 aromatic heterocycles. The second kappa shape index (κ2) is 8.73. The van der Waals surface area contributed by atoms with Crippen LogP contribution >= 0.6 is 0 Å². The zero-order valence-electron chi connectivity index (χ0n) is 10.6. The predicted octanol–water partition coefficient (Wildman–Crippen LogP) is 3.49. The van der Waals surface area contributed by atoms with Gasteiger partial charge in [0.05, 0.1) is 6.07 Å². The van der Waals surface area contributed by atoms with Crippen LogP contribution in [0.1, 0.15) is 59.3 Å². The number of nitriles is 1. The lowest BCUT2D eigenvalue weighted by Gasteiger charge is -2.25. The minimum Gasteiger partial charge on any atom is -0.316 e. The first-order valence-electron chi connectivity index (χ1n) is 6.20. The third kappa shape index (κ3) is 9.75. The van der Waals surface area contributed by atoms with E-state index in [1.54, 1.807) is 0 Å². The third-order valence-electron chi connectivity index (χ3n) is 2.70. The Labute approximate surface area is 95.1 Å². The van der Waals surface area contributed by atoms with E-state index in [1.807, 2.05) is 0 Å². The summed E-state index contributed by atoms with van der Waals surface area (Å²) in [6.07, 6.45) is 6.92. The van der Waals surface area contributed by atoms with Crippen LogP contribution in [0.3, 0.4) is 0 Å². The average molecular weight is 210 g/mol. The predicted molar refractivity (Wildman–Crippen MR) is 65.6 cm³/mol. The molecular formula is C13H26N2. The van der Waals surface area contributed by atoms with Crippen molar-refractivity contribution in [1.82, 2.24) is 5.32 Å². The molecule has 0 unspecified atom stereocenters. The van der Waals surface area contributed by atoms with Crippen LogP contribution in [0.4, 0.5) is 0 Å². The zero-order chi connectivity index (χ0) is 11.6. The van der Waals surface area contributed by atoms with Gasteiger partial charge in [0.15, 0.2) is 0 Å².